The molecule has 0 spiro atoms. The lowest BCUT2D eigenvalue weighted by Crippen LogP contribution is -2.26. The van der Waals surface area contributed by atoms with Crippen molar-refractivity contribution in [2.24, 2.45) is 0 Å². The molecule has 136 valence electrons. The van der Waals surface area contributed by atoms with Crippen LogP contribution in [0.5, 0.6) is 0 Å². The minimum absolute atomic E-state index is 0.114. The van der Waals surface area contributed by atoms with Gasteiger partial charge < -0.3 is 5.11 Å². The summed E-state index contributed by atoms with van der Waals surface area (Å²) in [6.45, 7) is -0.114. The van der Waals surface area contributed by atoms with Gasteiger partial charge in [0.2, 0.25) is 0 Å². The number of halogens is 5. The van der Waals surface area contributed by atoms with Crippen LogP contribution in [-0.4, -0.2) is 39.9 Å². The van der Waals surface area contributed by atoms with E-state index >= 15 is 0 Å². The number of rotatable bonds is 3. The first kappa shape index (κ1) is 17.7. The van der Waals surface area contributed by atoms with Crippen LogP contribution in [0.4, 0.5) is 22.0 Å². The van der Waals surface area contributed by atoms with E-state index in [0.717, 1.165) is 6.07 Å². The van der Waals surface area contributed by atoms with E-state index in [1.807, 2.05) is 0 Å². The van der Waals surface area contributed by atoms with Crippen molar-refractivity contribution >= 4 is 9.84 Å². The average molecular weight is 383 g/mol. The highest BCUT2D eigenvalue weighted by Crippen LogP contribution is 2.48. The molecule has 1 atom stereocenters. The van der Waals surface area contributed by atoms with Crippen molar-refractivity contribution in [3.05, 3.63) is 41.2 Å². The van der Waals surface area contributed by atoms with Crippen molar-refractivity contribution in [3.63, 3.8) is 0 Å². The number of benzene rings is 1. The Balaban J connectivity index is 2.21. The molecule has 25 heavy (non-hydrogen) atoms. The molecule has 0 bridgehead atoms. The maximum Gasteiger partial charge on any atom is 0.501 e. The maximum atomic E-state index is 13.9. The second kappa shape index (κ2) is 5.46. The fourth-order valence-corrected chi connectivity index (χ4v) is 3.76. The summed E-state index contributed by atoms with van der Waals surface area (Å²) in [6.07, 6.45) is -1.01. The standard InChI is InChI=1S/C13H10F5N3O3S/c14-12(15)5-8-7(6-21-4-3-19-20-21)1-2-9(10(8)11(12)22)25(23,24)13(16,17)18/h1-4,11,22H,5-6H2/t11-/m0/s1. The third kappa shape index (κ3) is 2.78. The summed E-state index contributed by atoms with van der Waals surface area (Å²) in [4.78, 5) is -1.36. The predicted molar refractivity (Wildman–Crippen MR) is 72.4 cm³/mol. The molecule has 1 aromatic heterocycles. The molecular weight excluding hydrogens is 373 g/mol. The summed E-state index contributed by atoms with van der Waals surface area (Å²) in [5.41, 5.74) is -6.80. The molecule has 0 saturated heterocycles. The summed E-state index contributed by atoms with van der Waals surface area (Å²) in [5, 5.41) is 16.9. The number of aliphatic hydroxyl groups is 1. The number of hydrogen-bond acceptors (Lipinski definition) is 5. The van der Waals surface area contributed by atoms with Crippen LogP contribution >= 0.6 is 0 Å². The molecule has 1 aromatic carbocycles. The van der Waals surface area contributed by atoms with Crippen LogP contribution in [0.25, 0.3) is 0 Å². The lowest BCUT2D eigenvalue weighted by molar-refractivity contribution is -0.0978. The molecule has 0 radical (unpaired) electrons. The van der Waals surface area contributed by atoms with Crippen molar-refractivity contribution < 1.29 is 35.5 Å². The Morgan fingerprint density at radius 1 is 1.32 bits per heavy atom. The molecule has 1 N–H and O–H groups in total. The van der Waals surface area contributed by atoms with Crippen LogP contribution < -0.4 is 0 Å². The van der Waals surface area contributed by atoms with Gasteiger partial charge in [-0.25, -0.2) is 21.9 Å². The van der Waals surface area contributed by atoms with Crippen LogP contribution in [0.2, 0.25) is 0 Å². The number of hydrogen-bond donors (Lipinski definition) is 1. The molecule has 1 aliphatic rings. The van der Waals surface area contributed by atoms with Gasteiger partial charge in [-0.15, -0.1) is 5.10 Å². The van der Waals surface area contributed by atoms with Crippen LogP contribution in [0.1, 0.15) is 22.8 Å². The van der Waals surface area contributed by atoms with Crippen LogP contribution in [-0.2, 0) is 22.8 Å². The molecule has 3 rings (SSSR count). The van der Waals surface area contributed by atoms with Gasteiger partial charge in [0.25, 0.3) is 15.8 Å². The number of aromatic nitrogens is 3. The van der Waals surface area contributed by atoms with Crippen LogP contribution in [0, 0.1) is 0 Å². The van der Waals surface area contributed by atoms with Gasteiger partial charge in [-0.1, -0.05) is 11.3 Å². The maximum absolute atomic E-state index is 13.9. The number of aliphatic hydroxyl groups excluding tert-OH is 1. The van der Waals surface area contributed by atoms with E-state index in [2.05, 4.69) is 10.3 Å². The highest BCUT2D eigenvalue weighted by Gasteiger charge is 2.54. The summed E-state index contributed by atoms with van der Waals surface area (Å²) in [5.74, 6) is -3.78. The van der Waals surface area contributed by atoms with E-state index in [4.69, 9.17) is 0 Å². The first-order valence-corrected chi connectivity index (χ1v) is 8.29. The van der Waals surface area contributed by atoms with Crippen molar-refractivity contribution in [1.82, 2.24) is 15.0 Å². The van der Waals surface area contributed by atoms with Gasteiger partial charge >= 0.3 is 5.51 Å². The summed E-state index contributed by atoms with van der Waals surface area (Å²) >= 11 is 0. The first-order valence-electron chi connectivity index (χ1n) is 6.81. The van der Waals surface area contributed by atoms with Gasteiger partial charge in [-0.2, -0.15) is 13.2 Å². The zero-order valence-corrected chi connectivity index (χ0v) is 13.0. The van der Waals surface area contributed by atoms with Crippen molar-refractivity contribution in [3.8, 4) is 0 Å². The number of fused-ring (bicyclic) bond motifs is 1. The second-order valence-corrected chi connectivity index (χ2v) is 7.41. The molecular formula is C13H10F5N3O3S. The summed E-state index contributed by atoms with van der Waals surface area (Å²) < 4.78 is 90.9. The van der Waals surface area contributed by atoms with E-state index in [1.54, 1.807) is 0 Å². The highest BCUT2D eigenvalue weighted by molar-refractivity contribution is 7.92. The third-order valence-corrected chi connectivity index (χ3v) is 5.44. The number of nitrogens with zero attached hydrogens (tertiary/aromatic N) is 3. The van der Waals surface area contributed by atoms with Gasteiger partial charge in [0.15, 0.2) is 0 Å². The lowest BCUT2D eigenvalue weighted by atomic mass is 10.0. The Morgan fingerprint density at radius 3 is 2.56 bits per heavy atom. The number of alkyl halides is 5. The minimum atomic E-state index is -5.89. The van der Waals surface area contributed by atoms with Crippen molar-refractivity contribution in [2.75, 3.05) is 0 Å². The van der Waals surface area contributed by atoms with Gasteiger partial charge in [0.05, 0.1) is 17.6 Å². The zero-order chi connectivity index (χ0) is 18.6. The highest BCUT2D eigenvalue weighted by atomic mass is 32.2. The monoisotopic (exact) mass is 383 g/mol. The fraction of sp³-hybridized carbons (Fsp3) is 0.385. The van der Waals surface area contributed by atoms with Gasteiger partial charge in [-0.3, -0.25) is 0 Å². The summed E-state index contributed by atoms with van der Waals surface area (Å²) in [7, 11) is -5.89. The van der Waals surface area contributed by atoms with Crippen LogP contribution in [0.3, 0.4) is 0 Å². The molecule has 0 saturated carbocycles. The van der Waals surface area contributed by atoms with Crippen molar-refractivity contribution in [2.45, 2.75) is 35.4 Å². The Morgan fingerprint density at radius 2 is 2.00 bits per heavy atom. The average Bonchev–Trinajstić information content (AvgIpc) is 3.06. The van der Waals surface area contributed by atoms with E-state index in [9.17, 15) is 35.5 Å². The normalized spacial score (nSPS) is 19.8. The Labute approximate surface area is 137 Å². The molecule has 1 heterocycles. The zero-order valence-electron chi connectivity index (χ0n) is 12.2. The molecule has 2 aromatic rings. The van der Waals surface area contributed by atoms with E-state index in [-0.39, 0.29) is 17.7 Å². The van der Waals surface area contributed by atoms with E-state index in [1.165, 1.54) is 17.1 Å². The molecule has 0 unspecified atom stereocenters. The first-order chi connectivity index (χ1) is 11.4. The SMILES string of the molecule is O=S(=O)(c1ccc(Cn2ccnn2)c2c1[C@H](O)C(F)(F)C2)C(F)(F)F. The molecule has 0 amide bonds. The Hall–Kier alpha value is -2.08. The van der Waals surface area contributed by atoms with Crippen molar-refractivity contribution in [1.29, 1.82) is 0 Å². The molecule has 0 aliphatic heterocycles. The van der Waals surface area contributed by atoms with Crippen LogP contribution in [0.15, 0.2) is 29.4 Å². The Bertz CT molecular complexity index is 910. The molecule has 0 fully saturated rings. The molecule has 1 aliphatic carbocycles. The van der Waals surface area contributed by atoms with Gasteiger partial charge in [0, 0.05) is 18.2 Å². The molecule has 12 heteroatoms. The third-order valence-electron chi connectivity index (χ3n) is 3.90. The fourth-order valence-electron chi connectivity index (χ4n) is 2.74. The second-order valence-electron chi connectivity index (χ2n) is 5.51. The topological polar surface area (TPSA) is 85.1 Å². The largest absolute Gasteiger partial charge is 0.501 e. The smallest absolute Gasteiger partial charge is 0.382 e. The molecule has 6 nitrogen and oxygen atoms in total. The lowest BCUT2D eigenvalue weighted by Gasteiger charge is -2.17. The number of sulfone groups is 1. The Kier molecular flexibility index (Phi) is 3.87. The predicted octanol–water partition coefficient (Wildman–Crippen LogP) is 1.84. The minimum Gasteiger partial charge on any atom is -0.382 e. The van der Waals surface area contributed by atoms with E-state index in [0.29, 0.717) is 6.07 Å². The van der Waals surface area contributed by atoms with Gasteiger partial charge in [-0.05, 0) is 17.2 Å². The quantitative estimate of drug-likeness (QED) is 0.818. The summed E-state index contributed by atoms with van der Waals surface area (Å²) in [6, 6.07) is 1.59. The van der Waals surface area contributed by atoms with E-state index < -0.39 is 44.3 Å². The van der Waals surface area contributed by atoms with Gasteiger partial charge in [0.1, 0.15) is 6.10 Å².